The second-order valence-electron chi connectivity index (χ2n) is 12.6. The molecule has 0 aliphatic rings. The lowest BCUT2D eigenvalue weighted by Crippen LogP contribution is -2.26. The fourth-order valence-electron chi connectivity index (χ4n) is 6.77. The van der Waals surface area contributed by atoms with Gasteiger partial charge in [-0.2, -0.15) is 0 Å². The van der Waals surface area contributed by atoms with Gasteiger partial charge < -0.3 is 4.57 Å². The zero-order valence-corrected chi connectivity index (χ0v) is 29.3. The zero-order valence-electron chi connectivity index (χ0n) is 27.5. The van der Waals surface area contributed by atoms with Crippen molar-refractivity contribution in [1.82, 2.24) is 0 Å². The molecule has 4 rings (SSSR count). The van der Waals surface area contributed by atoms with E-state index in [1.807, 2.05) is 121 Å². The van der Waals surface area contributed by atoms with Crippen LogP contribution in [0.2, 0.25) is 0 Å². The molecule has 0 saturated heterocycles. The predicted octanol–water partition coefficient (Wildman–Crippen LogP) is 9.54. The quantitative estimate of drug-likeness (QED) is 0.156. The van der Waals surface area contributed by atoms with E-state index >= 15 is 4.57 Å². The summed E-state index contributed by atoms with van der Waals surface area (Å²) in [5.74, 6) is 0. The SMILES string of the molecule is C=P(C(=O)c1c(C)cc(C)cc1C)(c1ccccc1)C(C)CCC(C)P(=O)(C(=O)c1c(C)cc(C)cc1C)c1ccccc1. The fraction of sp³-hybridized carbons (Fsp3) is 0.308. The summed E-state index contributed by atoms with van der Waals surface area (Å²) in [6.45, 7) is 13.3. The number of carbonyl (C=O) groups is 2. The average Bonchev–Trinajstić information content (AvgIpc) is 2.98. The third-order valence-corrected chi connectivity index (χ3v) is 16.5. The number of hydrogen-bond acceptors (Lipinski definition) is 3. The van der Waals surface area contributed by atoms with Gasteiger partial charge in [0.25, 0.3) is 0 Å². The van der Waals surface area contributed by atoms with Crippen LogP contribution in [0.25, 0.3) is 0 Å². The maximum absolute atomic E-state index is 15.2. The Morgan fingerprint density at radius 2 is 0.955 bits per heavy atom. The van der Waals surface area contributed by atoms with Crippen molar-refractivity contribution < 1.29 is 14.2 Å². The lowest BCUT2D eigenvalue weighted by Gasteiger charge is -2.33. The van der Waals surface area contributed by atoms with Gasteiger partial charge in [-0.1, -0.05) is 116 Å². The summed E-state index contributed by atoms with van der Waals surface area (Å²) in [6.07, 6.45) is 5.92. The highest BCUT2D eigenvalue weighted by Gasteiger charge is 2.42. The van der Waals surface area contributed by atoms with Gasteiger partial charge in [0.2, 0.25) is 5.52 Å². The Balaban J connectivity index is 1.74. The van der Waals surface area contributed by atoms with Gasteiger partial charge in [0.15, 0.2) is 12.7 Å². The molecule has 0 aliphatic heterocycles. The largest absolute Gasteiger partial charge is 0.310 e. The summed E-state index contributed by atoms with van der Waals surface area (Å²) in [5, 5.41) is 1.56. The molecule has 3 nitrogen and oxygen atoms in total. The van der Waals surface area contributed by atoms with E-state index in [-0.39, 0.29) is 16.7 Å². The third-order valence-electron chi connectivity index (χ3n) is 9.18. The van der Waals surface area contributed by atoms with Crippen LogP contribution in [0.4, 0.5) is 0 Å². The maximum Gasteiger partial charge on any atom is 0.226 e. The number of rotatable bonds is 11. The average molecular weight is 625 g/mol. The molecule has 4 aromatic rings. The summed E-state index contributed by atoms with van der Waals surface area (Å²) >= 11 is 0. The molecule has 0 heterocycles. The van der Waals surface area contributed by atoms with Crippen LogP contribution in [0.3, 0.4) is 0 Å². The molecule has 0 bridgehead atoms. The van der Waals surface area contributed by atoms with E-state index in [4.69, 9.17) is 6.30 Å². The van der Waals surface area contributed by atoms with Gasteiger partial charge in [-0.3, -0.25) is 9.59 Å². The predicted molar refractivity (Wildman–Crippen MR) is 192 cm³/mol. The first-order chi connectivity index (χ1) is 20.7. The van der Waals surface area contributed by atoms with Crippen molar-refractivity contribution in [2.75, 3.05) is 0 Å². The molecule has 230 valence electrons. The summed E-state index contributed by atoms with van der Waals surface area (Å²) in [5.41, 5.74) is 6.51. The minimum absolute atomic E-state index is 0.0814. The van der Waals surface area contributed by atoms with Crippen LogP contribution >= 0.6 is 14.0 Å². The molecule has 0 aromatic heterocycles. The molecule has 5 heteroatoms. The van der Waals surface area contributed by atoms with Crippen molar-refractivity contribution in [2.45, 2.75) is 79.5 Å². The highest BCUT2D eigenvalue weighted by molar-refractivity contribution is 7.95. The first-order valence-electron chi connectivity index (χ1n) is 15.4. The van der Waals surface area contributed by atoms with E-state index in [1.54, 1.807) is 0 Å². The monoisotopic (exact) mass is 624 g/mol. The van der Waals surface area contributed by atoms with Crippen molar-refractivity contribution in [3.63, 3.8) is 0 Å². The molecular weight excluding hydrogens is 578 g/mol. The van der Waals surface area contributed by atoms with Crippen molar-refractivity contribution in [3.05, 3.63) is 129 Å². The van der Waals surface area contributed by atoms with Gasteiger partial charge in [-0.15, -0.1) is 0 Å². The van der Waals surface area contributed by atoms with Gasteiger partial charge in [-0.05, 0) is 94.5 Å². The van der Waals surface area contributed by atoms with Crippen molar-refractivity contribution in [3.8, 4) is 0 Å². The Hall–Kier alpha value is -3.25. The van der Waals surface area contributed by atoms with E-state index in [9.17, 15) is 9.59 Å². The highest BCUT2D eigenvalue weighted by Crippen LogP contribution is 2.58. The molecule has 0 saturated carbocycles. The second-order valence-corrected chi connectivity index (χ2v) is 19.3. The lowest BCUT2D eigenvalue weighted by molar-refractivity contribution is 0.106. The van der Waals surface area contributed by atoms with E-state index in [0.29, 0.717) is 23.7 Å². The maximum atomic E-state index is 15.2. The van der Waals surface area contributed by atoms with Crippen LogP contribution in [0.5, 0.6) is 0 Å². The van der Waals surface area contributed by atoms with Gasteiger partial charge in [-0.25, -0.2) is 0 Å². The second kappa shape index (κ2) is 13.4. The van der Waals surface area contributed by atoms with E-state index in [0.717, 1.165) is 44.2 Å². The van der Waals surface area contributed by atoms with Crippen LogP contribution in [0.1, 0.15) is 80.8 Å². The molecule has 0 amide bonds. The smallest absolute Gasteiger partial charge is 0.226 e. The standard InChI is InChI=1S/C39H46O3P2/c1-26-22-28(3)36(29(4)23-26)38(40)43(9,34-16-12-10-13-17-34)32(7)20-21-33(8)44(42,35-18-14-11-15-19-35)39(41)37-30(5)24-27(2)25-31(37)6/h10-19,22-25,32-33H,9,20-21H2,1-8H3. The first kappa shape index (κ1) is 33.6. The third kappa shape index (κ3) is 6.28. The van der Waals surface area contributed by atoms with Crippen LogP contribution in [-0.2, 0) is 4.57 Å². The molecule has 4 unspecified atom stereocenters. The summed E-state index contributed by atoms with van der Waals surface area (Å²) in [7, 11) is -3.56. The number of hydrogen-bond donors (Lipinski definition) is 0. The Morgan fingerprint density at radius 3 is 1.39 bits per heavy atom. The minimum Gasteiger partial charge on any atom is -0.310 e. The molecule has 0 spiro atoms. The topological polar surface area (TPSA) is 51.2 Å². The summed E-state index contributed by atoms with van der Waals surface area (Å²) in [4.78, 5) is 29.0. The molecule has 0 aliphatic carbocycles. The highest BCUT2D eigenvalue weighted by atomic mass is 31.2. The van der Waals surface area contributed by atoms with Crippen LogP contribution in [0.15, 0.2) is 84.9 Å². The lowest BCUT2D eigenvalue weighted by atomic mass is 10.0. The molecule has 4 aromatic carbocycles. The van der Waals surface area contributed by atoms with Gasteiger partial charge >= 0.3 is 0 Å². The zero-order chi connectivity index (χ0) is 32.4. The van der Waals surface area contributed by atoms with E-state index in [1.165, 1.54) is 0 Å². The number of benzene rings is 4. The minimum atomic E-state index is -3.56. The normalized spacial score (nSPS) is 15.5. The summed E-state index contributed by atoms with van der Waals surface area (Å²) < 4.78 is 15.2. The number of carbonyl (C=O) groups excluding carboxylic acids is 2. The van der Waals surface area contributed by atoms with Crippen molar-refractivity contribution in [2.24, 2.45) is 0 Å². The molecule has 4 atom stereocenters. The Kier molecular flexibility index (Phi) is 10.2. The van der Waals surface area contributed by atoms with Gasteiger partial charge in [0.1, 0.15) is 0 Å². The molecule has 0 radical (unpaired) electrons. The fourth-order valence-corrected chi connectivity index (χ4v) is 12.9. The van der Waals surface area contributed by atoms with Crippen molar-refractivity contribution in [1.29, 1.82) is 0 Å². The van der Waals surface area contributed by atoms with Gasteiger partial charge in [0, 0.05) is 22.1 Å². The Morgan fingerprint density at radius 1 is 0.591 bits per heavy atom. The van der Waals surface area contributed by atoms with Crippen LogP contribution in [-0.4, -0.2) is 28.7 Å². The van der Waals surface area contributed by atoms with E-state index < -0.39 is 19.7 Å². The number of aryl methyl sites for hydroxylation is 6. The molecule has 44 heavy (non-hydrogen) atoms. The molecule has 0 N–H and O–H groups in total. The van der Waals surface area contributed by atoms with Crippen molar-refractivity contribution >= 4 is 42.0 Å². The summed E-state index contributed by atoms with van der Waals surface area (Å²) in [6, 6.07) is 27.3. The molecular formula is C39H46O3P2. The Labute approximate surface area is 264 Å². The first-order valence-corrected chi connectivity index (χ1v) is 19.2. The van der Waals surface area contributed by atoms with Crippen LogP contribution in [0, 0.1) is 41.5 Å². The van der Waals surface area contributed by atoms with E-state index in [2.05, 4.69) is 19.1 Å². The Bertz CT molecular complexity index is 1610. The van der Waals surface area contributed by atoms with Crippen LogP contribution < -0.4 is 10.6 Å². The molecule has 0 fully saturated rings. The van der Waals surface area contributed by atoms with Gasteiger partial charge in [0.05, 0.1) is 0 Å².